The minimum Gasteiger partial charge on any atom is -0.456 e. The lowest BCUT2D eigenvalue weighted by molar-refractivity contribution is 0.666. The molecule has 0 saturated heterocycles. The van der Waals surface area contributed by atoms with Gasteiger partial charge in [0, 0.05) is 49.3 Å². The Balaban J connectivity index is 1.10. The molecule has 5 heteroatoms. The molecule has 0 atom stereocenters. The Morgan fingerprint density at radius 2 is 1.13 bits per heavy atom. The molecule has 3 aromatic heterocycles. The number of fused-ring (bicyclic) bond motifs is 10. The van der Waals surface area contributed by atoms with Gasteiger partial charge >= 0.3 is 0 Å². The molecule has 250 valence electrons. The van der Waals surface area contributed by atoms with Crippen LogP contribution in [0.4, 0.5) is 0 Å². The van der Waals surface area contributed by atoms with Gasteiger partial charge in [0.2, 0.25) is 0 Å². The van der Waals surface area contributed by atoms with Gasteiger partial charge in [0.15, 0.2) is 17.5 Å². The standard InChI is InChI=1S/C48H32N4O/c1-48(2)38-20-9-6-17-33(38)36-25-26-40-43(44(36)48)37-19-7-10-21-39(37)52(40)32-16-12-15-30(27-32)46-49-45(29-13-4-3-5-14-29)50-47(51-46)31-23-24-35-34-18-8-11-22-41(34)53-42(35)28-31/h3-28H,1-2H3. The van der Waals surface area contributed by atoms with Gasteiger partial charge in [0.05, 0.1) is 11.0 Å². The molecule has 11 rings (SSSR count). The van der Waals surface area contributed by atoms with E-state index >= 15 is 0 Å². The van der Waals surface area contributed by atoms with E-state index in [-0.39, 0.29) is 5.41 Å². The van der Waals surface area contributed by atoms with Crippen molar-refractivity contribution in [2.45, 2.75) is 19.3 Å². The molecular weight excluding hydrogens is 649 g/mol. The van der Waals surface area contributed by atoms with Crippen LogP contribution in [0.15, 0.2) is 162 Å². The lowest BCUT2D eigenvalue weighted by Crippen LogP contribution is -2.15. The van der Waals surface area contributed by atoms with Gasteiger partial charge in [-0.05, 0) is 64.7 Å². The van der Waals surface area contributed by atoms with E-state index in [2.05, 4.69) is 122 Å². The Kier molecular flexibility index (Phi) is 6.23. The zero-order valence-electron chi connectivity index (χ0n) is 29.2. The first kappa shape index (κ1) is 29.8. The van der Waals surface area contributed by atoms with Crippen LogP contribution in [0.1, 0.15) is 25.0 Å². The Morgan fingerprint density at radius 3 is 1.98 bits per heavy atom. The fourth-order valence-corrected chi connectivity index (χ4v) is 8.61. The van der Waals surface area contributed by atoms with E-state index in [1.54, 1.807) is 0 Å². The molecule has 0 radical (unpaired) electrons. The first-order valence-corrected chi connectivity index (χ1v) is 18.0. The first-order valence-electron chi connectivity index (χ1n) is 18.0. The molecule has 10 aromatic rings. The number of hydrogen-bond donors (Lipinski definition) is 0. The molecule has 1 aliphatic rings. The average molecular weight is 681 g/mol. The summed E-state index contributed by atoms with van der Waals surface area (Å²) in [7, 11) is 0. The van der Waals surface area contributed by atoms with E-state index in [9.17, 15) is 0 Å². The lowest BCUT2D eigenvalue weighted by Gasteiger charge is -2.22. The monoisotopic (exact) mass is 680 g/mol. The summed E-state index contributed by atoms with van der Waals surface area (Å²) in [5.41, 5.74) is 13.0. The third-order valence-corrected chi connectivity index (χ3v) is 11.0. The van der Waals surface area contributed by atoms with E-state index in [1.807, 2.05) is 54.6 Å². The van der Waals surface area contributed by atoms with Crippen LogP contribution >= 0.6 is 0 Å². The van der Waals surface area contributed by atoms with Gasteiger partial charge in [0.25, 0.3) is 0 Å². The predicted molar refractivity (Wildman–Crippen MR) is 215 cm³/mol. The van der Waals surface area contributed by atoms with E-state index in [0.717, 1.165) is 44.3 Å². The summed E-state index contributed by atoms with van der Waals surface area (Å²) in [4.78, 5) is 15.2. The maximum atomic E-state index is 6.26. The summed E-state index contributed by atoms with van der Waals surface area (Å²) in [6.45, 7) is 4.72. The highest BCUT2D eigenvalue weighted by Crippen LogP contribution is 2.53. The van der Waals surface area contributed by atoms with Crippen LogP contribution in [0.2, 0.25) is 0 Å². The van der Waals surface area contributed by atoms with Gasteiger partial charge in [-0.3, -0.25) is 0 Å². The Hall–Kier alpha value is -6.85. The molecule has 1 aliphatic carbocycles. The molecule has 3 heterocycles. The summed E-state index contributed by atoms with van der Waals surface area (Å²) in [6.07, 6.45) is 0. The number of furan rings is 1. The summed E-state index contributed by atoms with van der Waals surface area (Å²) in [5, 5.41) is 4.72. The van der Waals surface area contributed by atoms with Crippen molar-refractivity contribution >= 4 is 43.7 Å². The Morgan fingerprint density at radius 1 is 0.472 bits per heavy atom. The van der Waals surface area contributed by atoms with Gasteiger partial charge in [0.1, 0.15) is 11.2 Å². The Bertz CT molecular complexity index is 3100. The maximum Gasteiger partial charge on any atom is 0.164 e. The van der Waals surface area contributed by atoms with Crippen LogP contribution in [0.5, 0.6) is 0 Å². The van der Waals surface area contributed by atoms with Crippen molar-refractivity contribution in [3.8, 4) is 51.0 Å². The lowest BCUT2D eigenvalue weighted by atomic mass is 9.80. The number of hydrogen-bond acceptors (Lipinski definition) is 4. The van der Waals surface area contributed by atoms with E-state index < -0.39 is 0 Å². The van der Waals surface area contributed by atoms with Crippen molar-refractivity contribution in [3.63, 3.8) is 0 Å². The fraction of sp³-hybridized carbons (Fsp3) is 0.0625. The quantitative estimate of drug-likeness (QED) is 0.186. The molecule has 0 unspecified atom stereocenters. The van der Waals surface area contributed by atoms with E-state index in [1.165, 1.54) is 44.1 Å². The largest absolute Gasteiger partial charge is 0.456 e. The second-order valence-electron chi connectivity index (χ2n) is 14.4. The van der Waals surface area contributed by atoms with Crippen LogP contribution < -0.4 is 0 Å². The SMILES string of the molecule is CC1(C)c2ccccc2-c2ccc3c(c21)c1ccccc1n3-c1cccc(-c2nc(-c3ccccc3)nc(-c3ccc4c(c3)oc3ccccc34)n2)c1. The van der Waals surface area contributed by atoms with Crippen LogP contribution in [0.3, 0.4) is 0 Å². The molecule has 0 saturated carbocycles. The minimum absolute atomic E-state index is 0.136. The summed E-state index contributed by atoms with van der Waals surface area (Å²) >= 11 is 0. The second kappa shape index (κ2) is 11.1. The van der Waals surface area contributed by atoms with Crippen molar-refractivity contribution in [1.29, 1.82) is 0 Å². The summed E-state index contributed by atoms with van der Waals surface area (Å²) in [6, 6.07) is 55.2. The smallest absolute Gasteiger partial charge is 0.164 e. The van der Waals surface area contributed by atoms with Crippen LogP contribution in [0, 0.1) is 0 Å². The number of para-hydroxylation sites is 2. The highest BCUT2D eigenvalue weighted by atomic mass is 16.3. The van der Waals surface area contributed by atoms with Crippen LogP contribution in [-0.2, 0) is 5.41 Å². The number of rotatable bonds is 4. The molecular formula is C48H32N4O. The molecule has 0 bridgehead atoms. The minimum atomic E-state index is -0.136. The molecule has 0 spiro atoms. The molecule has 0 aliphatic heterocycles. The molecule has 7 aromatic carbocycles. The highest BCUT2D eigenvalue weighted by Gasteiger charge is 2.38. The maximum absolute atomic E-state index is 6.26. The normalized spacial score (nSPS) is 13.2. The zero-order chi connectivity index (χ0) is 35.3. The molecule has 0 fully saturated rings. The predicted octanol–water partition coefficient (Wildman–Crippen LogP) is 12.2. The second-order valence-corrected chi connectivity index (χ2v) is 14.4. The van der Waals surface area contributed by atoms with Crippen LogP contribution in [0.25, 0.3) is 94.7 Å². The highest BCUT2D eigenvalue weighted by molar-refractivity contribution is 6.14. The molecule has 0 amide bonds. The topological polar surface area (TPSA) is 56.7 Å². The third kappa shape index (κ3) is 4.40. The summed E-state index contributed by atoms with van der Waals surface area (Å²) in [5.74, 6) is 1.82. The third-order valence-electron chi connectivity index (χ3n) is 11.0. The van der Waals surface area contributed by atoms with E-state index in [0.29, 0.717) is 17.5 Å². The first-order chi connectivity index (χ1) is 26.0. The number of nitrogens with zero attached hydrogens (tertiary/aromatic N) is 4. The molecule has 0 N–H and O–H groups in total. The Labute approximate surface area is 305 Å². The van der Waals surface area contributed by atoms with Crippen molar-refractivity contribution < 1.29 is 4.42 Å². The zero-order valence-corrected chi connectivity index (χ0v) is 29.2. The van der Waals surface area contributed by atoms with Gasteiger partial charge in [-0.25, -0.2) is 15.0 Å². The molecule has 53 heavy (non-hydrogen) atoms. The van der Waals surface area contributed by atoms with Crippen molar-refractivity contribution in [2.24, 2.45) is 0 Å². The average Bonchev–Trinajstić information content (AvgIpc) is 3.83. The van der Waals surface area contributed by atoms with Crippen molar-refractivity contribution in [3.05, 3.63) is 169 Å². The van der Waals surface area contributed by atoms with Gasteiger partial charge in [-0.1, -0.05) is 129 Å². The van der Waals surface area contributed by atoms with Crippen molar-refractivity contribution in [1.82, 2.24) is 19.5 Å². The number of benzene rings is 7. The van der Waals surface area contributed by atoms with Gasteiger partial charge in [-0.2, -0.15) is 0 Å². The van der Waals surface area contributed by atoms with Crippen molar-refractivity contribution in [2.75, 3.05) is 0 Å². The van der Waals surface area contributed by atoms with Crippen LogP contribution in [-0.4, -0.2) is 19.5 Å². The molecule has 5 nitrogen and oxygen atoms in total. The van der Waals surface area contributed by atoms with Gasteiger partial charge in [-0.15, -0.1) is 0 Å². The van der Waals surface area contributed by atoms with E-state index in [4.69, 9.17) is 19.4 Å². The summed E-state index contributed by atoms with van der Waals surface area (Å²) < 4.78 is 8.65. The fourth-order valence-electron chi connectivity index (χ4n) is 8.61. The van der Waals surface area contributed by atoms with Gasteiger partial charge < -0.3 is 8.98 Å². The number of aromatic nitrogens is 4.